The third-order valence-electron chi connectivity index (χ3n) is 8.56. The van der Waals surface area contributed by atoms with Gasteiger partial charge in [-0.3, -0.25) is 4.98 Å². The van der Waals surface area contributed by atoms with E-state index in [0.29, 0.717) is 0 Å². The highest BCUT2D eigenvalue weighted by Crippen LogP contribution is 2.37. The summed E-state index contributed by atoms with van der Waals surface area (Å²) in [6.45, 7) is 15.3. The van der Waals surface area contributed by atoms with Gasteiger partial charge < -0.3 is 0 Å². The Morgan fingerprint density at radius 3 is 2.07 bits per heavy atom. The summed E-state index contributed by atoms with van der Waals surface area (Å²) >= 11 is 0. The van der Waals surface area contributed by atoms with Crippen LogP contribution in [0.15, 0.2) is 128 Å². The molecule has 0 radical (unpaired) electrons. The number of nitrogens with zero attached hydrogens (tertiary/aromatic N) is 1. The monoisotopic (exact) mass is 555 g/mol. The minimum Gasteiger partial charge on any atom is -0.256 e. The van der Waals surface area contributed by atoms with Gasteiger partial charge in [-0.2, -0.15) is 0 Å². The maximum Gasteiger partial charge on any atom is 0.0731 e. The Balaban J connectivity index is 1.61. The molecule has 0 saturated heterocycles. The standard InChI is InChI=1S/C42H37N/c1-7-34(39-21-22-40(38-20-11-10-19-37(38)39)41-29(4)24-27(2)25-30(41)5)36-18-9-8-17-35(36)31(6)32-15-12-16-33(26-32)42-28(3)14-13-23-43-42/h7-26H,1H2,2-6H3/b35-31+,36-34+. The molecule has 0 saturated carbocycles. The van der Waals surface area contributed by atoms with Crippen LogP contribution in [-0.4, -0.2) is 4.98 Å². The van der Waals surface area contributed by atoms with Crippen molar-refractivity contribution in [3.8, 4) is 22.4 Å². The molecular formula is C42H37N. The van der Waals surface area contributed by atoms with Gasteiger partial charge in [-0.1, -0.05) is 115 Å². The van der Waals surface area contributed by atoms with Gasteiger partial charge in [-0.25, -0.2) is 0 Å². The predicted octanol–water partition coefficient (Wildman–Crippen LogP) is 9.41. The molecule has 0 fully saturated rings. The van der Waals surface area contributed by atoms with Crippen molar-refractivity contribution in [1.29, 1.82) is 0 Å². The number of aryl methyl sites for hydroxylation is 4. The number of benzene rings is 5. The van der Waals surface area contributed by atoms with Crippen LogP contribution in [0.5, 0.6) is 0 Å². The topological polar surface area (TPSA) is 12.9 Å². The number of hydrogen-bond acceptors (Lipinski definition) is 1. The van der Waals surface area contributed by atoms with Crippen molar-refractivity contribution in [1.82, 2.24) is 4.98 Å². The molecule has 1 heteroatoms. The lowest BCUT2D eigenvalue weighted by Gasteiger charge is -2.17. The number of pyridine rings is 1. The highest BCUT2D eigenvalue weighted by Gasteiger charge is 2.14. The first kappa shape index (κ1) is 28.1. The first-order valence-electron chi connectivity index (χ1n) is 14.9. The van der Waals surface area contributed by atoms with Crippen LogP contribution in [0.3, 0.4) is 0 Å². The third kappa shape index (κ3) is 5.24. The van der Waals surface area contributed by atoms with Crippen LogP contribution < -0.4 is 10.4 Å². The first-order valence-corrected chi connectivity index (χ1v) is 14.9. The molecule has 1 nitrogen and oxygen atoms in total. The van der Waals surface area contributed by atoms with Crippen molar-refractivity contribution in [3.63, 3.8) is 0 Å². The molecule has 0 bridgehead atoms. The van der Waals surface area contributed by atoms with Crippen molar-refractivity contribution >= 4 is 21.9 Å². The molecule has 0 N–H and O–H groups in total. The Kier molecular flexibility index (Phi) is 7.65. The van der Waals surface area contributed by atoms with Gasteiger partial charge in [0.25, 0.3) is 0 Å². The first-order chi connectivity index (χ1) is 20.9. The molecule has 43 heavy (non-hydrogen) atoms. The Bertz CT molecular complexity index is 2120. The normalized spacial score (nSPS) is 12.7. The van der Waals surface area contributed by atoms with Gasteiger partial charge in [0.15, 0.2) is 0 Å². The van der Waals surface area contributed by atoms with Gasteiger partial charge in [0.05, 0.1) is 5.69 Å². The van der Waals surface area contributed by atoms with E-state index in [0.717, 1.165) is 16.8 Å². The Morgan fingerprint density at radius 1 is 0.651 bits per heavy atom. The van der Waals surface area contributed by atoms with Crippen LogP contribution in [-0.2, 0) is 0 Å². The number of aromatic nitrogens is 1. The highest BCUT2D eigenvalue weighted by atomic mass is 14.7. The molecule has 0 unspecified atom stereocenters. The van der Waals surface area contributed by atoms with Gasteiger partial charge in [-0.05, 0) is 118 Å². The Morgan fingerprint density at radius 2 is 1.35 bits per heavy atom. The van der Waals surface area contributed by atoms with Crippen molar-refractivity contribution in [2.45, 2.75) is 34.6 Å². The van der Waals surface area contributed by atoms with Crippen LogP contribution in [0, 0.1) is 27.7 Å². The predicted molar refractivity (Wildman–Crippen MR) is 185 cm³/mol. The summed E-state index contributed by atoms with van der Waals surface area (Å²) in [4.78, 5) is 4.67. The van der Waals surface area contributed by atoms with E-state index >= 15 is 0 Å². The molecule has 0 aliphatic heterocycles. The largest absolute Gasteiger partial charge is 0.256 e. The average Bonchev–Trinajstić information content (AvgIpc) is 3.02. The number of allylic oxidation sites excluding steroid dienone is 1. The maximum absolute atomic E-state index is 4.67. The van der Waals surface area contributed by atoms with Crippen molar-refractivity contribution < 1.29 is 0 Å². The molecule has 0 atom stereocenters. The van der Waals surface area contributed by atoms with Gasteiger partial charge in [0, 0.05) is 11.8 Å². The molecule has 0 aliphatic carbocycles. The lowest BCUT2D eigenvalue weighted by Crippen LogP contribution is -2.28. The minimum atomic E-state index is 1.02. The summed E-state index contributed by atoms with van der Waals surface area (Å²) in [5.41, 5.74) is 14.6. The van der Waals surface area contributed by atoms with E-state index < -0.39 is 0 Å². The average molecular weight is 556 g/mol. The Hall–Kier alpha value is -5.01. The van der Waals surface area contributed by atoms with E-state index in [1.165, 1.54) is 71.3 Å². The quantitative estimate of drug-likeness (QED) is 0.206. The molecule has 6 aromatic rings. The summed E-state index contributed by atoms with van der Waals surface area (Å²) in [6.07, 6.45) is 3.88. The zero-order valence-electron chi connectivity index (χ0n) is 25.7. The summed E-state index contributed by atoms with van der Waals surface area (Å²) in [7, 11) is 0. The van der Waals surface area contributed by atoms with Crippen molar-refractivity contribution in [2.24, 2.45) is 0 Å². The van der Waals surface area contributed by atoms with E-state index in [9.17, 15) is 0 Å². The third-order valence-corrected chi connectivity index (χ3v) is 8.56. The van der Waals surface area contributed by atoms with Gasteiger partial charge >= 0.3 is 0 Å². The molecule has 0 aliphatic rings. The van der Waals surface area contributed by atoms with Crippen molar-refractivity contribution in [3.05, 3.63) is 172 Å². The summed E-state index contributed by atoms with van der Waals surface area (Å²) < 4.78 is 0. The summed E-state index contributed by atoms with van der Waals surface area (Å²) in [5, 5.41) is 4.86. The molecule has 1 heterocycles. The fraction of sp³-hybridized carbons (Fsp3) is 0.119. The number of hydrogen-bond donors (Lipinski definition) is 0. The summed E-state index contributed by atoms with van der Waals surface area (Å²) in [6, 6.07) is 39.4. The summed E-state index contributed by atoms with van der Waals surface area (Å²) in [5.74, 6) is 0. The molecule has 210 valence electrons. The molecule has 1 aromatic heterocycles. The number of fused-ring (bicyclic) bond motifs is 1. The van der Waals surface area contributed by atoms with E-state index in [1.807, 2.05) is 18.3 Å². The van der Waals surface area contributed by atoms with Crippen LogP contribution in [0.4, 0.5) is 0 Å². The number of rotatable bonds is 5. The van der Waals surface area contributed by atoms with Crippen LogP contribution in [0.2, 0.25) is 0 Å². The SMILES string of the molecule is C=C/C(c1ccc(-c2c(C)cc(C)cc2C)c2ccccc12)=c1/cccc/c1=C(/C)c1cccc(-c2ncccc2C)c1. The fourth-order valence-corrected chi connectivity index (χ4v) is 6.61. The second-order valence-corrected chi connectivity index (χ2v) is 11.5. The van der Waals surface area contributed by atoms with E-state index in [4.69, 9.17) is 0 Å². The van der Waals surface area contributed by atoms with Gasteiger partial charge in [0.2, 0.25) is 0 Å². The molecule has 0 amide bonds. The minimum absolute atomic E-state index is 1.02. The Labute approximate surface area is 255 Å². The highest BCUT2D eigenvalue weighted by molar-refractivity contribution is 6.04. The zero-order valence-corrected chi connectivity index (χ0v) is 25.7. The van der Waals surface area contributed by atoms with E-state index in [2.05, 4.69) is 149 Å². The fourth-order valence-electron chi connectivity index (χ4n) is 6.61. The molecule has 5 aromatic carbocycles. The zero-order chi connectivity index (χ0) is 30.1. The van der Waals surface area contributed by atoms with Crippen LogP contribution in [0.25, 0.3) is 44.3 Å². The van der Waals surface area contributed by atoms with Gasteiger partial charge in [0.1, 0.15) is 0 Å². The molecule has 0 spiro atoms. The van der Waals surface area contributed by atoms with Crippen LogP contribution in [0.1, 0.15) is 40.3 Å². The lowest BCUT2D eigenvalue weighted by atomic mass is 9.87. The lowest BCUT2D eigenvalue weighted by molar-refractivity contribution is 1.27. The van der Waals surface area contributed by atoms with E-state index in [1.54, 1.807) is 0 Å². The van der Waals surface area contributed by atoms with Crippen LogP contribution >= 0.6 is 0 Å². The molecule has 6 rings (SSSR count). The molecular weight excluding hydrogens is 518 g/mol. The van der Waals surface area contributed by atoms with E-state index in [-0.39, 0.29) is 0 Å². The van der Waals surface area contributed by atoms with Gasteiger partial charge in [-0.15, -0.1) is 0 Å². The van der Waals surface area contributed by atoms with Crippen molar-refractivity contribution in [2.75, 3.05) is 0 Å². The second kappa shape index (κ2) is 11.7. The second-order valence-electron chi connectivity index (χ2n) is 11.5. The maximum atomic E-state index is 4.67. The smallest absolute Gasteiger partial charge is 0.0731 e.